The second-order valence-corrected chi connectivity index (χ2v) is 4.58. The van der Waals surface area contributed by atoms with Gasteiger partial charge in [-0.1, -0.05) is 0 Å². The van der Waals surface area contributed by atoms with Crippen molar-refractivity contribution >= 4 is 17.5 Å². The average Bonchev–Trinajstić information content (AvgIpc) is 2.35. The zero-order chi connectivity index (χ0) is 14.4. The quantitative estimate of drug-likeness (QED) is 0.461. The van der Waals surface area contributed by atoms with Crippen LogP contribution in [0.4, 0.5) is 5.69 Å². The van der Waals surface area contributed by atoms with Crippen molar-refractivity contribution in [1.29, 1.82) is 0 Å². The van der Waals surface area contributed by atoms with Crippen LogP contribution < -0.4 is 21.9 Å². The molecule has 0 saturated heterocycles. The zero-order valence-electron chi connectivity index (χ0n) is 11.4. The molecule has 1 aromatic rings. The second kappa shape index (κ2) is 6.75. The Kier molecular flexibility index (Phi) is 5.32. The number of aryl methyl sites for hydroxylation is 1. The summed E-state index contributed by atoms with van der Waals surface area (Å²) in [6, 6.07) is 5.19. The Hall–Kier alpha value is -2.08. The van der Waals surface area contributed by atoms with Crippen molar-refractivity contribution in [2.24, 2.45) is 5.84 Å². The molecule has 1 rings (SSSR count). The minimum atomic E-state index is -0.278. The molecule has 0 saturated carbocycles. The molecule has 19 heavy (non-hydrogen) atoms. The first kappa shape index (κ1) is 15.0. The molecule has 0 aliphatic heterocycles. The first-order valence-corrected chi connectivity index (χ1v) is 6.09. The first-order valence-electron chi connectivity index (χ1n) is 6.09. The van der Waals surface area contributed by atoms with E-state index < -0.39 is 0 Å². The van der Waals surface area contributed by atoms with E-state index in [-0.39, 0.29) is 24.4 Å². The lowest BCUT2D eigenvalue weighted by Crippen LogP contribution is -2.39. The van der Waals surface area contributed by atoms with E-state index in [4.69, 9.17) is 5.84 Å². The van der Waals surface area contributed by atoms with Crippen molar-refractivity contribution in [3.05, 3.63) is 29.3 Å². The van der Waals surface area contributed by atoms with Gasteiger partial charge in [-0.25, -0.2) is 0 Å². The number of carbonyl (C=O) groups is 2. The molecule has 0 fully saturated rings. The Morgan fingerprint density at radius 3 is 2.53 bits per heavy atom. The van der Waals surface area contributed by atoms with Gasteiger partial charge in [-0.3, -0.25) is 15.4 Å². The number of nitrogen functional groups attached to an aromatic ring is 1. The molecular formula is C13H20N4O2. The van der Waals surface area contributed by atoms with Crippen LogP contribution in [-0.2, 0) is 4.79 Å². The summed E-state index contributed by atoms with van der Waals surface area (Å²) in [7, 11) is 0. The zero-order valence-corrected chi connectivity index (χ0v) is 11.4. The summed E-state index contributed by atoms with van der Waals surface area (Å²) in [5.74, 6) is 4.80. The molecular weight excluding hydrogens is 244 g/mol. The van der Waals surface area contributed by atoms with Crippen molar-refractivity contribution < 1.29 is 9.59 Å². The van der Waals surface area contributed by atoms with Gasteiger partial charge in [0.1, 0.15) is 0 Å². The van der Waals surface area contributed by atoms with E-state index >= 15 is 0 Å². The largest absolute Gasteiger partial charge is 0.352 e. The summed E-state index contributed by atoms with van der Waals surface area (Å²) in [4.78, 5) is 23.3. The van der Waals surface area contributed by atoms with Crippen LogP contribution in [0.3, 0.4) is 0 Å². The Morgan fingerprint density at radius 1 is 1.32 bits per heavy atom. The fourth-order valence-corrected chi connectivity index (χ4v) is 1.64. The van der Waals surface area contributed by atoms with Gasteiger partial charge in [-0.15, -0.1) is 0 Å². The van der Waals surface area contributed by atoms with Gasteiger partial charge >= 0.3 is 0 Å². The van der Waals surface area contributed by atoms with E-state index in [9.17, 15) is 9.59 Å². The fraction of sp³-hybridized carbons (Fsp3) is 0.385. The highest BCUT2D eigenvalue weighted by molar-refractivity contribution is 5.98. The summed E-state index contributed by atoms with van der Waals surface area (Å²) in [5, 5.41) is 5.28. The molecule has 0 heterocycles. The maximum atomic E-state index is 11.9. The molecule has 5 N–H and O–H groups in total. The maximum Gasteiger partial charge on any atom is 0.251 e. The van der Waals surface area contributed by atoms with E-state index in [2.05, 4.69) is 16.1 Å². The van der Waals surface area contributed by atoms with Crippen LogP contribution in [0.2, 0.25) is 0 Å². The normalized spacial score (nSPS) is 10.2. The van der Waals surface area contributed by atoms with Crippen LogP contribution in [0.25, 0.3) is 0 Å². The van der Waals surface area contributed by atoms with Crippen LogP contribution in [0.1, 0.15) is 29.8 Å². The molecule has 6 nitrogen and oxygen atoms in total. The van der Waals surface area contributed by atoms with Crippen molar-refractivity contribution in [1.82, 2.24) is 10.6 Å². The van der Waals surface area contributed by atoms with Crippen LogP contribution in [0.5, 0.6) is 0 Å². The Bertz CT molecular complexity index is 472. The lowest BCUT2D eigenvalue weighted by Gasteiger charge is -2.11. The molecule has 0 aromatic heterocycles. The summed E-state index contributed by atoms with van der Waals surface area (Å²) < 4.78 is 0. The number of amides is 2. The van der Waals surface area contributed by atoms with Crippen molar-refractivity contribution in [2.75, 3.05) is 12.0 Å². The Labute approximate surface area is 112 Å². The number of carbonyl (C=O) groups excluding carboxylic acids is 2. The Morgan fingerprint density at radius 2 is 2.00 bits per heavy atom. The molecule has 0 spiro atoms. The van der Waals surface area contributed by atoms with E-state index in [1.54, 1.807) is 18.2 Å². The standard InChI is InChI=1S/C13H20N4O2/c1-8(2)16-12(18)7-15-13(19)11-5-4-10(17-14)6-9(11)3/h4-6,8,17H,7,14H2,1-3H3,(H,15,19)(H,16,18). The summed E-state index contributed by atoms with van der Waals surface area (Å²) in [5.41, 5.74) is 4.55. The number of hydrogen-bond donors (Lipinski definition) is 4. The summed E-state index contributed by atoms with van der Waals surface area (Å²) >= 11 is 0. The summed E-state index contributed by atoms with van der Waals surface area (Å²) in [6.45, 7) is 5.50. The van der Waals surface area contributed by atoms with Gasteiger partial charge in [0.05, 0.1) is 6.54 Å². The van der Waals surface area contributed by atoms with Gasteiger partial charge in [-0.2, -0.15) is 0 Å². The van der Waals surface area contributed by atoms with Crippen LogP contribution in [0, 0.1) is 6.92 Å². The van der Waals surface area contributed by atoms with Crippen LogP contribution in [0.15, 0.2) is 18.2 Å². The molecule has 0 aliphatic carbocycles. The minimum absolute atomic E-state index is 0.0344. The third-order valence-corrected chi connectivity index (χ3v) is 2.50. The number of nitrogens with one attached hydrogen (secondary N) is 3. The third kappa shape index (κ3) is 4.59. The highest BCUT2D eigenvalue weighted by Crippen LogP contribution is 2.13. The number of rotatable bonds is 5. The highest BCUT2D eigenvalue weighted by atomic mass is 16.2. The van der Waals surface area contributed by atoms with Gasteiger partial charge in [0.25, 0.3) is 5.91 Å². The molecule has 0 atom stereocenters. The molecule has 1 aromatic carbocycles. The monoisotopic (exact) mass is 264 g/mol. The van der Waals surface area contributed by atoms with Gasteiger partial charge in [0, 0.05) is 17.3 Å². The summed E-state index contributed by atoms with van der Waals surface area (Å²) in [6.07, 6.45) is 0. The van der Waals surface area contributed by atoms with Gasteiger partial charge in [0.2, 0.25) is 5.91 Å². The van der Waals surface area contributed by atoms with Crippen LogP contribution in [-0.4, -0.2) is 24.4 Å². The SMILES string of the molecule is Cc1cc(NN)ccc1C(=O)NCC(=O)NC(C)C. The lowest BCUT2D eigenvalue weighted by molar-refractivity contribution is -0.120. The van der Waals surface area contributed by atoms with Gasteiger partial charge in [0.15, 0.2) is 0 Å². The highest BCUT2D eigenvalue weighted by Gasteiger charge is 2.11. The number of nitrogens with two attached hydrogens (primary N) is 1. The topological polar surface area (TPSA) is 96.2 Å². The molecule has 6 heteroatoms. The molecule has 104 valence electrons. The number of benzene rings is 1. The molecule has 0 unspecified atom stereocenters. The first-order chi connectivity index (χ1) is 8.93. The minimum Gasteiger partial charge on any atom is -0.352 e. The smallest absolute Gasteiger partial charge is 0.251 e. The van der Waals surface area contributed by atoms with Gasteiger partial charge < -0.3 is 16.1 Å². The van der Waals surface area contributed by atoms with Gasteiger partial charge in [-0.05, 0) is 44.5 Å². The van der Waals surface area contributed by atoms with Crippen molar-refractivity contribution in [3.63, 3.8) is 0 Å². The predicted molar refractivity (Wildman–Crippen MR) is 74.6 cm³/mol. The second-order valence-electron chi connectivity index (χ2n) is 4.58. The van der Waals surface area contributed by atoms with E-state index in [0.717, 1.165) is 11.3 Å². The fourth-order valence-electron chi connectivity index (χ4n) is 1.64. The maximum absolute atomic E-state index is 11.9. The number of hydrazine groups is 1. The molecule has 0 radical (unpaired) electrons. The molecule has 0 bridgehead atoms. The van der Waals surface area contributed by atoms with Crippen molar-refractivity contribution in [2.45, 2.75) is 26.8 Å². The lowest BCUT2D eigenvalue weighted by atomic mass is 10.1. The predicted octanol–water partition coefficient (Wildman–Crippen LogP) is 0.535. The van der Waals surface area contributed by atoms with E-state index in [0.29, 0.717) is 5.56 Å². The van der Waals surface area contributed by atoms with Crippen LogP contribution >= 0.6 is 0 Å². The van der Waals surface area contributed by atoms with Crippen molar-refractivity contribution in [3.8, 4) is 0 Å². The number of hydrogen-bond acceptors (Lipinski definition) is 4. The molecule has 2 amide bonds. The third-order valence-electron chi connectivity index (χ3n) is 2.50. The van der Waals surface area contributed by atoms with E-state index in [1.807, 2.05) is 20.8 Å². The average molecular weight is 264 g/mol. The Balaban J connectivity index is 2.61. The molecule has 0 aliphatic rings. The van der Waals surface area contributed by atoms with E-state index in [1.165, 1.54) is 0 Å². The number of anilines is 1.